The van der Waals surface area contributed by atoms with Gasteiger partial charge in [0.05, 0.1) is 11.3 Å². The van der Waals surface area contributed by atoms with Crippen LogP contribution in [0.2, 0.25) is 5.02 Å². The summed E-state index contributed by atoms with van der Waals surface area (Å²) < 4.78 is 0. The molecule has 0 aliphatic carbocycles. The average Bonchev–Trinajstić information content (AvgIpc) is 2.05. The molecule has 0 atom stereocenters. The maximum atomic E-state index is 11.0. The topological polar surface area (TPSA) is 29.4 Å². The molecule has 0 radical (unpaired) electrons. The van der Waals surface area contributed by atoms with Crippen molar-refractivity contribution in [2.75, 3.05) is 0 Å². The molecule has 1 aromatic rings. The van der Waals surface area contributed by atoms with Crippen molar-refractivity contribution in [3.8, 4) is 0 Å². The van der Waals surface area contributed by atoms with Crippen molar-refractivity contribution in [1.29, 1.82) is 0 Å². The van der Waals surface area contributed by atoms with Crippen molar-refractivity contribution in [2.45, 2.75) is 6.92 Å². The highest BCUT2D eigenvalue weighted by molar-refractivity contribution is 5.96. The van der Waals surface area contributed by atoms with Gasteiger partial charge in [-0.15, -0.1) is 0 Å². The minimum Gasteiger partial charge on any atom is -0.294 e. The zero-order chi connectivity index (χ0) is 9.14. The first-order valence-electron chi connectivity index (χ1n) is 3.44. The van der Waals surface area contributed by atoms with Gasteiger partial charge in [0.2, 0.25) is 5.02 Å². The Labute approximate surface area is 75.9 Å². The quantitative estimate of drug-likeness (QED) is 0.508. The van der Waals surface area contributed by atoms with Gasteiger partial charge in [-0.3, -0.25) is 9.79 Å². The summed E-state index contributed by atoms with van der Waals surface area (Å²) in [6.45, 7) is 4.85. The predicted octanol–water partition coefficient (Wildman–Crippen LogP) is 1.92. The van der Waals surface area contributed by atoms with Crippen LogP contribution in [0, 0.1) is 11.6 Å². The van der Waals surface area contributed by atoms with Gasteiger partial charge < -0.3 is 0 Å². The molecule has 0 aliphatic rings. The van der Waals surface area contributed by atoms with Crippen molar-refractivity contribution >= 4 is 18.2 Å². The molecule has 0 bridgehead atoms. The number of carbonyl (C=O) groups excluding carboxylic acids is 1. The Morgan fingerprint density at radius 3 is 2.75 bits per heavy atom. The number of Topliss-reactive ketones (excluding diaryl/α,β-unsaturated/α-hetero) is 1. The molecular weight excluding hydrogens is 174 g/mol. The molecule has 0 saturated heterocycles. The maximum absolute atomic E-state index is 11.0. The van der Waals surface area contributed by atoms with E-state index in [9.17, 15) is 4.79 Å². The molecule has 0 N–H and O–H groups in total. The standard InChI is InChI=1S/C9H9ClNO/c1-6(12)8-5-7(11-2)3-4-9(8)10/h3-5,10H,2H2,1H3/q+1. The minimum atomic E-state index is -0.0366. The summed E-state index contributed by atoms with van der Waals surface area (Å²) in [5, 5.41) is 0.565. The van der Waals surface area contributed by atoms with Crippen LogP contribution in [0.3, 0.4) is 0 Å². The zero-order valence-corrected chi connectivity index (χ0v) is 7.52. The molecule has 3 heteroatoms. The second-order valence-corrected chi connectivity index (χ2v) is 2.83. The summed E-state index contributed by atoms with van der Waals surface area (Å²) in [7, 11) is 0. The van der Waals surface area contributed by atoms with E-state index in [0.717, 1.165) is 0 Å². The molecule has 2 nitrogen and oxygen atoms in total. The van der Waals surface area contributed by atoms with Crippen LogP contribution in [-0.2, 0) is 0 Å². The van der Waals surface area contributed by atoms with E-state index in [-0.39, 0.29) is 5.78 Å². The lowest BCUT2D eigenvalue weighted by Crippen LogP contribution is -1.93. The van der Waals surface area contributed by atoms with Crippen LogP contribution in [0.1, 0.15) is 17.3 Å². The molecule has 0 amide bonds. The van der Waals surface area contributed by atoms with Crippen LogP contribution in [0.25, 0.3) is 0 Å². The minimum absolute atomic E-state index is 0.0366. The first kappa shape index (κ1) is 8.94. The number of halogens is 1. The van der Waals surface area contributed by atoms with Crippen LogP contribution >= 0.6 is 0 Å². The Balaban J connectivity index is 3.25. The number of ketones is 1. The summed E-state index contributed by atoms with van der Waals surface area (Å²) in [4.78, 5) is 14.7. The maximum Gasteiger partial charge on any atom is 0.236 e. The van der Waals surface area contributed by atoms with Crippen LogP contribution in [-0.4, -0.2) is 12.5 Å². The Morgan fingerprint density at radius 2 is 2.25 bits per heavy atom. The first-order chi connectivity index (χ1) is 5.65. The highest BCUT2D eigenvalue weighted by atomic mass is 35.5. The predicted molar refractivity (Wildman–Crippen MR) is 46.2 cm³/mol. The fourth-order valence-electron chi connectivity index (χ4n) is 0.891. The number of nitrogens with zero attached hydrogens (tertiary/aromatic N) is 1. The van der Waals surface area contributed by atoms with Gasteiger partial charge in [0, 0.05) is 6.07 Å². The number of hydrogen-bond donors (Lipinski definition) is 0. The molecule has 12 heavy (non-hydrogen) atoms. The van der Waals surface area contributed by atoms with Crippen molar-refractivity contribution < 1.29 is 16.4 Å². The van der Waals surface area contributed by atoms with Crippen molar-refractivity contribution in [2.24, 2.45) is 4.99 Å². The van der Waals surface area contributed by atoms with Gasteiger partial charge in [0.25, 0.3) is 0 Å². The van der Waals surface area contributed by atoms with E-state index in [0.29, 0.717) is 16.3 Å². The van der Waals surface area contributed by atoms with E-state index in [4.69, 9.17) is 11.6 Å². The summed E-state index contributed by atoms with van der Waals surface area (Å²) in [5.74, 6) is -0.0366. The van der Waals surface area contributed by atoms with Gasteiger partial charge in [0.1, 0.15) is 0 Å². The first-order valence-corrected chi connectivity index (χ1v) is 3.84. The fourth-order valence-corrected chi connectivity index (χ4v) is 1.16. The Hall–Kier alpha value is -1.15. The third-order valence-corrected chi connectivity index (χ3v) is 1.88. The summed E-state index contributed by atoms with van der Waals surface area (Å²) in [6, 6.07) is 5.08. The van der Waals surface area contributed by atoms with Crippen LogP contribution < -0.4 is 0 Å². The van der Waals surface area contributed by atoms with E-state index in [1.807, 2.05) is 0 Å². The van der Waals surface area contributed by atoms with E-state index >= 15 is 0 Å². The number of aliphatic imine (C=N–C) groups is 1. The molecule has 0 aliphatic heterocycles. The van der Waals surface area contributed by atoms with Crippen LogP contribution in [0.5, 0.6) is 0 Å². The Kier molecular flexibility index (Phi) is 2.61. The molecular formula is C9H9ClNO+. The summed E-state index contributed by atoms with van der Waals surface area (Å²) >= 11 is 4.95. The number of rotatable bonds is 2. The van der Waals surface area contributed by atoms with Gasteiger partial charge in [-0.05, 0) is 25.8 Å². The van der Waals surface area contributed by atoms with Gasteiger partial charge >= 0.3 is 0 Å². The van der Waals surface area contributed by atoms with Crippen molar-refractivity contribution in [1.82, 2.24) is 0 Å². The number of benzene rings is 1. The van der Waals surface area contributed by atoms with E-state index in [1.165, 1.54) is 6.92 Å². The average molecular weight is 183 g/mol. The monoisotopic (exact) mass is 182 g/mol. The Morgan fingerprint density at radius 1 is 1.58 bits per heavy atom. The lowest BCUT2D eigenvalue weighted by atomic mass is 10.1. The van der Waals surface area contributed by atoms with Gasteiger partial charge in [-0.25, -0.2) is 0 Å². The number of carbonyl (C=O) groups is 1. The van der Waals surface area contributed by atoms with E-state index in [1.54, 1.807) is 18.2 Å². The SMILES string of the molecule is C=Nc1ccc([ClH+])c(C(C)=O)c1. The highest BCUT2D eigenvalue weighted by Crippen LogP contribution is 2.18. The summed E-state index contributed by atoms with van der Waals surface area (Å²) in [5.41, 5.74) is 1.21. The normalized spacial score (nSPS) is 9.50. The Bertz CT molecular complexity index is 333. The van der Waals surface area contributed by atoms with E-state index < -0.39 is 0 Å². The molecule has 0 fully saturated rings. The molecule has 62 valence electrons. The fraction of sp³-hybridized carbons (Fsp3) is 0.111. The molecule has 0 heterocycles. The van der Waals surface area contributed by atoms with E-state index in [2.05, 4.69) is 11.7 Å². The van der Waals surface area contributed by atoms with Crippen molar-refractivity contribution in [3.63, 3.8) is 0 Å². The molecule has 0 aromatic heterocycles. The second-order valence-electron chi connectivity index (χ2n) is 2.39. The largest absolute Gasteiger partial charge is 0.294 e. The molecule has 0 unspecified atom stereocenters. The van der Waals surface area contributed by atoms with Crippen LogP contribution in [0.4, 0.5) is 5.69 Å². The lowest BCUT2D eigenvalue weighted by molar-refractivity contribution is -0.289. The van der Waals surface area contributed by atoms with Gasteiger partial charge in [-0.2, -0.15) is 0 Å². The second kappa shape index (κ2) is 3.50. The smallest absolute Gasteiger partial charge is 0.236 e. The van der Waals surface area contributed by atoms with Gasteiger partial charge in [0.15, 0.2) is 17.4 Å². The molecule has 1 aromatic carbocycles. The molecule has 0 spiro atoms. The molecule has 1 rings (SSSR count). The number of hydrogen-bond acceptors (Lipinski definition) is 2. The third-order valence-electron chi connectivity index (χ3n) is 1.53. The zero-order valence-electron chi connectivity index (χ0n) is 6.70. The van der Waals surface area contributed by atoms with Crippen LogP contribution in [0.15, 0.2) is 23.2 Å². The highest BCUT2D eigenvalue weighted by Gasteiger charge is 2.11. The third kappa shape index (κ3) is 1.71. The van der Waals surface area contributed by atoms with Crippen molar-refractivity contribution in [3.05, 3.63) is 28.8 Å². The summed E-state index contributed by atoms with van der Waals surface area (Å²) in [6.07, 6.45) is 0. The van der Waals surface area contributed by atoms with Gasteiger partial charge in [-0.1, -0.05) is 0 Å². The molecule has 0 saturated carbocycles. The lowest BCUT2D eigenvalue weighted by Gasteiger charge is -1.95.